The molecule has 0 spiro atoms. The number of nitrogens with one attached hydrogen (secondary N) is 1. The molecule has 1 N–H and O–H groups in total. The molecule has 3 rings (SSSR count). The van der Waals surface area contributed by atoms with Gasteiger partial charge < -0.3 is 0 Å². The van der Waals surface area contributed by atoms with Crippen molar-refractivity contribution in [3.8, 4) is 11.1 Å². The van der Waals surface area contributed by atoms with Gasteiger partial charge >= 0.3 is 0 Å². The summed E-state index contributed by atoms with van der Waals surface area (Å²) in [6.07, 6.45) is 0. The monoisotopic (exact) mass is 455 g/mol. The Bertz CT molecular complexity index is 1100. The average Bonchev–Trinajstić information content (AvgIpc) is 3.26. The Morgan fingerprint density at radius 1 is 0.871 bits per heavy atom. The molecule has 0 bridgehead atoms. The Morgan fingerprint density at radius 3 is 2.00 bits per heavy atom. The van der Waals surface area contributed by atoms with Gasteiger partial charge in [-0.05, 0) is 68.0 Å². The van der Waals surface area contributed by atoms with E-state index in [0.29, 0.717) is 10.8 Å². The molecule has 0 radical (unpaired) electrons. The normalized spacial score (nSPS) is 12.3. The van der Waals surface area contributed by atoms with Gasteiger partial charge in [0, 0.05) is 6.54 Å². The van der Waals surface area contributed by atoms with Crippen LogP contribution in [0.4, 0.5) is 0 Å². The summed E-state index contributed by atoms with van der Waals surface area (Å²) >= 11 is 1.64. The van der Waals surface area contributed by atoms with Crippen molar-refractivity contribution in [2.75, 3.05) is 0 Å². The van der Waals surface area contributed by atoms with Crippen LogP contribution in [0.3, 0.4) is 0 Å². The van der Waals surface area contributed by atoms with Crippen molar-refractivity contribution in [2.45, 2.75) is 70.7 Å². The number of sulfonamides is 1. The van der Waals surface area contributed by atoms with E-state index in [2.05, 4.69) is 69.8 Å². The number of thiophene rings is 1. The minimum absolute atomic E-state index is 0.112. The molecule has 0 aliphatic carbocycles. The lowest BCUT2D eigenvalue weighted by atomic mass is 9.89. The summed E-state index contributed by atoms with van der Waals surface area (Å²) in [5.74, 6) is 0.568. The van der Waals surface area contributed by atoms with Crippen LogP contribution in [-0.2, 0) is 16.6 Å². The van der Waals surface area contributed by atoms with Crippen LogP contribution >= 0.6 is 11.3 Å². The van der Waals surface area contributed by atoms with Gasteiger partial charge in [0.05, 0.1) is 4.90 Å². The third kappa shape index (κ3) is 5.28. The van der Waals surface area contributed by atoms with Crippen LogP contribution in [-0.4, -0.2) is 8.42 Å². The molecule has 1 heterocycles. The van der Waals surface area contributed by atoms with Gasteiger partial charge in [-0.1, -0.05) is 77.9 Å². The second-order valence-electron chi connectivity index (χ2n) is 8.99. The smallest absolute Gasteiger partial charge is 0.207 e. The first-order chi connectivity index (χ1) is 14.6. The Kier molecular flexibility index (Phi) is 7.40. The molecule has 3 aromatic rings. The minimum atomic E-state index is -3.69. The predicted molar refractivity (Wildman–Crippen MR) is 132 cm³/mol. The zero-order valence-electron chi connectivity index (χ0n) is 19.3. The van der Waals surface area contributed by atoms with Crippen LogP contribution in [0.25, 0.3) is 11.1 Å². The lowest BCUT2D eigenvalue weighted by Gasteiger charge is -2.23. The third-order valence-electron chi connectivity index (χ3n) is 5.65. The average molecular weight is 456 g/mol. The summed E-state index contributed by atoms with van der Waals surface area (Å²) in [7, 11) is -3.69. The topological polar surface area (TPSA) is 46.2 Å². The molecule has 0 atom stereocenters. The summed E-state index contributed by atoms with van der Waals surface area (Å²) in [6.45, 7) is 12.8. The molecule has 0 unspecified atom stereocenters. The summed E-state index contributed by atoms with van der Waals surface area (Å²) in [5, 5.41) is 4.13. The molecule has 3 nitrogen and oxygen atoms in total. The maximum atomic E-state index is 13.6. The van der Waals surface area contributed by atoms with Gasteiger partial charge in [0.2, 0.25) is 10.0 Å². The first kappa shape index (κ1) is 23.7. The molecular weight excluding hydrogens is 422 g/mol. The second kappa shape index (κ2) is 9.68. The van der Waals surface area contributed by atoms with Crippen molar-refractivity contribution in [1.29, 1.82) is 0 Å². The zero-order valence-corrected chi connectivity index (χ0v) is 20.9. The molecule has 166 valence electrons. The molecule has 2 aromatic carbocycles. The SMILES string of the molecule is CC(C)c1cc(C(C)C)c(S(=O)(=O)NCc2ccccc2-c2ccsc2)c(C(C)C)c1. The Morgan fingerprint density at radius 2 is 1.48 bits per heavy atom. The van der Waals surface area contributed by atoms with E-state index in [0.717, 1.165) is 27.8 Å². The highest BCUT2D eigenvalue weighted by atomic mass is 32.2. The van der Waals surface area contributed by atoms with Gasteiger partial charge in [0.15, 0.2) is 0 Å². The number of rotatable bonds is 8. The van der Waals surface area contributed by atoms with Crippen molar-refractivity contribution in [1.82, 2.24) is 4.72 Å². The van der Waals surface area contributed by atoms with E-state index in [4.69, 9.17) is 0 Å². The number of benzene rings is 2. The van der Waals surface area contributed by atoms with E-state index in [1.807, 2.05) is 29.6 Å². The molecule has 0 fully saturated rings. The standard InChI is InChI=1S/C26H33NO2S2/c1-17(2)22-13-24(18(3)4)26(25(14-22)19(5)6)31(28,29)27-15-20-9-7-8-10-23(20)21-11-12-30-16-21/h7-14,16-19,27H,15H2,1-6H3. The van der Waals surface area contributed by atoms with Gasteiger partial charge in [-0.25, -0.2) is 13.1 Å². The first-order valence-corrected chi connectivity index (χ1v) is 13.3. The fraction of sp³-hybridized carbons (Fsp3) is 0.385. The van der Waals surface area contributed by atoms with Crippen molar-refractivity contribution in [2.24, 2.45) is 0 Å². The van der Waals surface area contributed by atoms with E-state index in [1.165, 1.54) is 5.56 Å². The second-order valence-corrected chi connectivity index (χ2v) is 11.5. The van der Waals surface area contributed by atoms with Gasteiger partial charge in [0.25, 0.3) is 0 Å². The Balaban J connectivity index is 2.03. The van der Waals surface area contributed by atoms with Crippen LogP contribution in [0.5, 0.6) is 0 Å². The first-order valence-electron chi connectivity index (χ1n) is 10.9. The fourth-order valence-electron chi connectivity index (χ4n) is 3.82. The van der Waals surface area contributed by atoms with Crippen molar-refractivity contribution >= 4 is 21.4 Å². The predicted octanol–water partition coefficient (Wildman–Crippen LogP) is 7.26. The van der Waals surface area contributed by atoms with Crippen LogP contribution < -0.4 is 4.72 Å². The summed E-state index contributed by atoms with van der Waals surface area (Å²) in [4.78, 5) is 0.454. The summed E-state index contributed by atoms with van der Waals surface area (Å²) in [6, 6.07) is 14.2. The van der Waals surface area contributed by atoms with Crippen molar-refractivity contribution < 1.29 is 8.42 Å². The molecule has 0 aliphatic rings. The van der Waals surface area contributed by atoms with E-state index in [1.54, 1.807) is 11.3 Å². The maximum absolute atomic E-state index is 13.6. The molecule has 0 amide bonds. The number of hydrogen-bond acceptors (Lipinski definition) is 3. The third-order valence-corrected chi connectivity index (χ3v) is 7.87. The van der Waals surface area contributed by atoms with Crippen LogP contribution in [0.15, 0.2) is 58.1 Å². The van der Waals surface area contributed by atoms with E-state index >= 15 is 0 Å². The Hall–Kier alpha value is -1.95. The van der Waals surface area contributed by atoms with Gasteiger partial charge in [-0.3, -0.25) is 0 Å². The molecule has 0 saturated carbocycles. The van der Waals surface area contributed by atoms with Gasteiger partial charge in [-0.15, -0.1) is 0 Å². The van der Waals surface area contributed by atoms with Crippen LogP contribution in [0.2, 0.25) is 0 Å². The van der Waals surface area contributed by atoms with E-state index in [-0.39, 0.29) is 18.4 Å². The van der Waals surface area contributed by atoms with Gasteiger partial charge in [-0.2, -0.15) is 11.3 Å². The summed E-state index contributed by atoms with van der Waals surface area (Å²) < 4.78 is 30.2. The van der Waals surface area contributed by atoms with Crippen molar-refractivity contribution in [3.05, 3.63) is 75.5 Å². The maximum Gasteiger partial charge on any atom is 0.241 e. The Labute approximate surface area is 191 Å². The highest BCUT2D eigenvalue weighted by molar-refractivity contribution is 7.89. The molecular formula is C26H33NO2S2. The molecule has 0 aliphatic heterocycles. The number of hydrogen-bond donors (Lipinski definition) is 1. The fourth-order valence-corrected chi connectivity index (χ4v) is 6.17. The lowest BCUT2D eigenvalue weighted by Crippen LogP contribution is -2.26. The molecule has 31 heavy (non-hydrogen) atoms. The van der Waals surface area contributed by atoms with Crippen LogP contribution in [0.1, 0.15) is 81.5 Å². The molecule has 1 aromatic heterocycles. The minimum Gasteiger partial charge on any atom is -0.207 e. The largest absolute Gasteiger partial charge is 0.241 e. The highest BCUT2D eigenvalue weighted by Crippen LogP contribution is 2.35. The van der Waals surface area contributed by atoms with Crippen molar-refractivity contribution in [3.63, 3.8) is 0 Å². The highest BCUT2D eigenvalue weighted by Gasteiger charge is 2.27. The van der Waals surface area contributed by atoms with E-state index < -0.39 is 10.0 Å². The van der Waals surface area contributed by atoms with Gasteiger partial charge in [0.1, 0.15) is 0 Å². The summed E-state index contributed by atoms with van der Waals surface area (Å²) in [5.41, 5.74) is 6.14. The zero-order chi connectivity index (χ0) is 22.8. The van der Waals surface area contributed by atoms with Crippen LogP contribution in [0, 0.1) is 0 Å². The van der Waals surface area contributed by atoms with E-state index in [9.17, 15) is 8.42 Å². The lowest BCUT2D eigenvalue weighted by molar-refractivity contribution is 0.576. The molecule has 5 heteroatoms. The molecule has 0 saturated heterocycles. The quantitative estimate of drug-likeness (QED) is 0.388.